The molecule has 0 aliphatic heterocycles. The first kappa shape index (κ1) is 55.6. The standard InChI is InChI=1S/C52H99NO4/c1-3-5-7-9-11-13-15-17-19-21-22-23-24-25-26-27-28-29-30-31-33-35-37-39-41-43-45-47-51(56)52(57)53-49(48-54)50(55)46-44-42-40-38-36-34-32-20-18-16-14-12-10-8-6-4-2/h25-26,36,38,44,46,49-51,54-56H,3-24,27-35,37,39-43,45,47-48H2,1-2H3,(H,53,57)/b26-25-,38-36+,46-44+. The lowest BCUT2D eigenvalue weighted by atomic mass is 10.0. The minimum absolute atomic E-state index is 0.375. The third kappa shape index (κ3) is 42.5. The summed E-state index contributed by atoms with van der Waals surface area (Å²) >= 11 is 0. The van der Waals surface area contributed by atoms with E-state index in [0.717, 1.165) is 38.5 Å². The van der Waals surface area contributed by atoms with Gasteiger partial charge < -0.3 is 20.6 Å². The van der Waals surface area contributed by atoms with Crippen molar-refractivity contribution in [3.63, 3.8) is 0 Å². The Morgan fingerprint density at radius 1 is 0.421 bits per heavy atom. The lowest BCUT2D eigenvalue weighted by Crippen LogP contribution is -2.48. The molecular weight excluding hydrogens is 703 g/mol. The molecule has 0 saturated heterocycles. The summed E-state index contributed by atoms with van der Waals surface area (Å²) in [7, 11) is 0. The van der Waals surface area contributed by atoms with Gasteiger partial charge in [-0.25, -0.2) is 0 Å². The monoisotopic (exact) mass is 802 g/mol. The van der Waals surface area contributed by atoms with E-state index in [9.17, 15) is 20.1 Å². The van der Waals surface area contributed by atoms with Gasteiger partial charge in [0.2, 0.25) is 5.91 Å². The minimum Gasteiger partial charge on any atom is -0.394 e. The maximum Gasteiger partial charge on any atom is 0.249 e. The van der Waals surface area contributed by atoms with Gasteiger partial charge in [-0.15, -0.1) is 0 Å². The second kappa shape index (κ2) is 47.3. The van der Waals surface area contributed by atoms with E-state index in [1.165, 1.54) is 205 Å². The lowest BCUT2D eigenvalue weighted by Gasteiger charge is -2.21. The van der Waals surface area contributed by atoms with Crippen LogP contribution in [0.3, 0.4) is 0 Å². The zero-order chi connectivity index (χ0) is 41.5. The minimum atomic E-state index is -1.11. The summed E-state index contributed by atoms with van der Waals surface area (Å²) in [6, 6.07) is -0.814. The summed E-state index contributed by atoms with van der Waals surface area (Å²) in [5.74, 6) is -0.512. The van der Waals surface area contributed by atoms with Crippen LogP contribution in [0.5, 0.6) is 0 Å². The number of hydrogen-bond donors (Lipinski definition) is 4. The van der Waals surface area contributed by atoms with E-state index < -0.39 is 24.2 Å². The van der Waals surface area contributed by atoms with E-state index in [4.69, 9.17) is 0 Å². The highest BCUT2D eigenvalue weighted by Crippen LogP contribution is 2.16. The SMILES string of the molecule is CCCCCCCCCCCC/C=C/CC/C=C/C(O)C(CO)NC(=O)C(O)CCCCCCCCCCCCC/C=C\CCCCCCCCCCCCCC. The second-order valence-corrected chi connectivity index (χ2v) is 17.4. The van der Waals surface area contributed by atoms with E-state index in [1.54, 1.807) is 6.08 Å². The summed E-state index contributed by atoms with van der Waals surface area (Å²) < 4.78 is 0. The van der Waals surface area contributed by atoms with Crippen LogP contribution in [0.25, 0.3) is 0 Å². The fraction of sp³-hybridized carbons (Fsp3) is 0.865. The number of hydrogen-bond acceptors (Lipinski definition) is 4. The molecule has 0 radical (unpaired) electrons. The zero-order valence-electron chi connectivity index (χ0n) is 38.2. The predicted octanol–water partition coefficient (Wildman–Crippen LogP) is 15.1. The van der Waals surface area contributed by atoms with Crippen LogP contribution >= 0.6 is 0 Å². The number of carbonyl (C=O) groups is 1. The summed E-state index contributed by atoms with van der Waals surface area (Å²) in [5.41, 5.74) is 0. The van der Waals surface area contributed by atoms with Gasteiger partial charge in [0.25, 0.3) is 0 Å². The van der Waals surface area contributed by atoms with Crippen molar-refractivity contribution in [3.05, 3.63) is 36.5 Å². The van der Waals surface area contributed by atoms with Crippen LogP contribution < -0.4 is 5.32 Å². The Labute approximate surface area is 355 Å². The smallest absolute Gasteiger partial charge is 0.249 e. The number of rotatable bonds is 46. The lowest BCUT2D eigenvalue weighted by molar-refractivity contribution is -0.131. The first-order valence-corrected chi connectivity index (χ1v) is 25.3. The molecule has 0 heterocycles. The molecule has 336 valence electrons. The number of aliphatic hydroxyl groups excluding tert-OH is 3. The quantitative estimate of drug-likeness (QED) is 0.0365. The van der Waals surface area contributed by atoms with Gasteiger partial charge in [0, 0.05) is 0 Å². The van der Waals surface area contributed by atoms with Crippen LogP contribution in [0.1, 0.15) is 264 Å². The normalized spacial score (nSPS) is 13.7. The van der Waals surface area contributed by atoms with E-state index >= 15 is 0 Å². The van der Waals surface area contributed by atoms with Gasteiger partial charge in [0.15, 0.2) is 0 Å². The Morgan fingerprint density at radius 2 is 0.719 bits per heavy atom. The molecular formula is C52H99NO4. The molecule has 3 unspecified atom stereocenters. The van der Waals surface area contributed by atoms with Gasteiger partial charge in [-0.05, 0) is 57.8 Å². The van der Waals surface area contributed by atoms with Crippen LogP contribution in [0.2, 0.25) is 0 Å². The van der Waals surface area contributed by atoms with Crippen LogP contribution in [0, 0.1) is 0 Å². The van der Waals surface area contributed by atoms with E-state index in [-0.39, 0.29) is 6.61 Å². The fourth-order valence-electron chi connectivity index (χ4n) is 7.73. The third-order valence-electron chi connectivity index (χ3n) is 11.7. The molecule has 5 heteroatoms. The molecule has 0 rings (SSSR count). The molecule has 0 aromatic rings. The van der Waals surface area contributed by atoms with Gasteiger partial charge in [-0.1, -0.05) is 243 Å². The number of aliphatic hydroxyl groups is 3. The Bertz CT molecular complexity index is 885. The molecule has 0 bridgehead atoms. The number of nitrogens with one attached hydrogen (secondary N) is 1. The van der Waals surface area contributed by atoms with Gasteiger partial charge in [0.05, 0.1) is 18.8 Å². The topological polar surface area (TPSA) is 89.8 Å². The van der Waals surface area contributed by atoms with Crippen molar-refractivity contribution in [3.8, 4) is 0 Å². The van der Waals surface area contributed by atoms with Gasteiger partial charge in [0.1, 0.15) is 6.10 Å². The van der Waals surface area contributed by atoms with Crippen LogP contribution in [0.15, 0.2) is 36.5 Å². The van der Waals surface area contributed by atoms with Gasteiger partial charge >= 0.3 is 0 Å². The molecule has 0 aromatic heterocycles. The van der Waals surface area contributed by atoms with Crippen LogP contribution in [0.4, 0.5) is 0 Å². The van der Waals surface area contributed by atoms with Crippen LogP contribution in [-0.4, -0.2) is 46.1 Å². The average molecular weight is 802 g/mol. The second-order valence-electron chi connectivity index (χ2n) is 17.4. The molecule has 5 nitrogen and oxygen atoms in total. The molecule has 0 fully saturated rings. The van der Waals surface area contributed by atoms with Crippen molar-refractivity contribution in [1.29, 1.82) is 0 Å². The predicted molar refractivity (Wildman–Crippen MR) is 250 cm³/mol. The number of unbranched alkanes of at least 4 members (excludes halogenated alkanes) is 34. The van der Waals surface area contributed by atoms with Gasteiger partial charge in [-0.2, -0.15) is 0 Å². The number of amides is 1. The van der Waals surface area contributed by atoms with Crippen LogP contribution in [-0.2, 0) is 4.79 Å². The Hall–Kier alpha value is -1.43. The molecule has 4 N–H and O–H groups in total. The van der Waals surface area contributed by atoms with Crippen molar-refractivity contribution >= 4 is 5.91 Å². The molecule has 0 spiro atoms. The number of allylic oxidation sites excluding steroid dienone is 5. The van der Waals surface area contributed by atoms with E-state index in [0.29, 0.717) is 6.42 Å². The summed E-state index contributed by atoms with van der Waals surface area (Å²) in [6.45, 7) is 4.18. The van der Waals surface area contributed by atoms with Crippen molar-refractivity contribution in [2.45, 2.75) is 283 Å². The molecule has 0 aliphatic carbocycles. The summed E-state index contributed by atoms with van der Waals surface area (Å²) in [5, 5.41) is 33.2. The third-order valence-corrected chi connectivity index (χ3v) is 11.7. The van der Waals surface area contributed by atoms with E-state index in [1.807, 2.05) is 6.08 Å². The highest BCUT2D eigenvalue weighted by atomic mass is 16.3. The number of carbonyl (C=O) groups excluding carboxylic acids is 1. The van der Waals surface area contributed by atoms with Crippen molar-refractivity contribution < 1.29 is 20.1 Å². The average Bonchev–Trinajstić information content (AvgIpc) is 3.22. The maximum atomic E-state index is 12.5. The Kier molecular flexibility index (Phi) is 46.1. The first-order valence-electron chi connectivity index (χ1n) is 25.3. The van der Waals surface area contributed by atoms with Gasteiger partial charge in [-0.3, -0.25) is 4.79 Å². The van der Waals surface area contributed by atoms with Crippen molar-refractivity contribution in [1.82, 2.24) is 5.32 Å². The largest absolute Gasteiger partial charge is 0.394 e. The summed E-state index contributed by atoms with van der Waals surface area (Å²) in [4.78, 5) is 12.5. The molecule has 1 amide bonds. The van der Waals surface area contributed by atoms with Crippen molar-refractivity contribution in [2.24, 2.45) is 0 Å². The van der Waals surface area contributed by atoms with E-state index in [2.05, 4.69) is 43.5 Å². The molecule has 3 atom stereocenters. The molecule has 57 heavy (non-hydrogen) atoms. The first-order chi connectivity index (χ1) is 28.1. The highest BCUT2D eigenvalue weighted by Gasteiger charge is 2.22. The molecule has 0 aliphatic rings. The summed E-state index contributed by atoms with van der Waals surface area (Å²) in [6.07, 6.45) is 60.6. The fourth-order valence-corrected chi connectivity index (χ4v) is 7.73. The molecule has 0 saturated carbocycles. The zero-order valence-corrected chi connectivity index (χ0v) is 38.2. The maximum absolute atomic E-state index is 12.5. The Morgan fingerprint density at radius 3 is 1.07 bits per heavy atom. The van der Waals surface area contributed by atoms with Crippen molar-refractivity contribution in [2.75, 3.05) is 6.61 Å². The molecule has 0 aromatic carbocycles. The highest BCUT2D eigenvalue weighted by molar-refractivity contribution is 5.80. The Balaban J connectivity index is 3.61.